The molecule has 0 radical (unpaired) electrons. The van der Waals surface area contributed by atoms with E-state index in [0.717, 1.165) is 11.3 Å². The lowest BCUT2D eigenvalue weighted by molar-refractivity contribution is 0.438. The van der Waals surface area contributed by atoms with E-state index in [0.29, 0.717) is 16.8 Å². The number of hydrogen-bond donors (Lipinski definition) is 2. The summed E-state index contributed by atoms with van der Waals surface area (Å²) >= 11 is 1.33. The first-order valence-corrected chi connectivity index (χ1v) is 9.40. The lowest BCUT2D eigenvalue weighted by Crippen LogP contribution is -2.37. The first kappa shape index (κ1) is 17.6. The fourth-order valence-electron chi connectivity index (χ4n) is 1.85. The van der Waals surface area contributed by atoms with Gasteiger partial charge in [0.15, 0.2) is 0 Å². The fraction of sp³-hybridized carbons (Fsp3) is 0.714. The van der Waals surface area contributed by atoms with Crippen molar-refractivity contribution in [2.75, 3.05) is 0 Å². The minimum Gasteiger partial charge on any atom is -0.310 e. The van der Waals surface area contributed by atoms with Crippen molar-refractivity contribution in [1.29, 1.82) is 0 Å². The van der Waals surface area contributed by atoms with Gasteiger partial charge in [0.05, 0.1) is 0 Å². The number of hydrogen-bond acceptors (Lipinski definition) is 4. The highest BCUT2D eigenvalue weighted by Crippen LogP contribution is 2.22. The van der Waals surface area contributed by atoms with Crippen LogP contribution in [0.2, 0.25) is 0 Å². The Labute approximate surface area is 127 Å². The van der Waals surface area contributed by atoms with Gasteiger partial charge in [-0.1, -0.05) is 34.6 Å². The van der Waals surface area contributed by atoms with Crippen molar-refractivity contribution in [2.24, 2.45) is 5.92 Å². The van der Waals surface area contributed by atoms with E-state index in [2.05, 4.69) is 23.9 Å². The van der Waals surface area contributed by atoms with Crippen molar-refractivity contribution in [3.63, 3.8) is 0 Å². The molecule has 2 N–H and O–H groups in total. The Kier molecular flexibility index (Phi) is 6.64. The molecular formula is C14H26N2O2S2. The van der Waals surface area contributed by atoms with Gasteiger partial charge in [0, 0.05) is 23.5 Å². The maximum atomic E-state index is 12.3. The third-order valence-corrected chi connectivity index (χ3v) is 6.20. The molecule has 1 atom stereocenters. The van der Waals surface area contributed by atoms with Crippen LogP contribution in [0.4, 0.5) is 0 Å². The molecule has 0 saturated carbocycles. The summed E-state index contributed by atoms with van der Waals surface area (Å²) in [4.78, 5) is 1.04. The molecule has 0 aromatic carbocycles. The van der Waals surface area contributed by atoms with Gasteiger partial charge >= 0.3 is 0 Å². The molecule has 1 heterocycles. The standard InChI is InChI=1S/C14H26N2O2S2/c1-6-13(10(2)3)16-20(17,18)14-8-7-12(19-14)9-15-11(4)5/h7-8,10-11,13,15-16H,6,9H2,1-5H3. The van der Waals surface area contributed by atoms with Gasteiger partial charge in [-0.05, 0) is 24.5 Å². The molecule has 0 aliphatic carbocycles. The maximum Gasteiger partial charge on any atom is 0.250 e. The van der Waals surface area contributed by atoms with Crippen molar-refractivity contribution >= 4 is 21.4 Å². The molecule has 1 aromatic heterocycles. The van der Waals surface area contributed by atoms with Crippen molar-refractivity contribution in [3.8, 4) is 0 Å². The number of sulfonamides is 1. The predicted octanol–water partition coefficient (Wildman–Crippen LogP) is 2.96. The molecule has 0 fully saturated rings. The van der Waals surface area contributed by atoms with E-state index in [-0.39, 0.29) is 12.0 Å². The second-order valence-electron chi connectivity index (χ2n) is 5.64. The van der Waals surface area contributed by atoms with Gasteiger partial charge in [-0.3, -0.25) is 0 Å². The van der Waals surface area contributed by atoms with Gasteiger partial charge < -0.3 is 5.32 Å². The minimum absolute atomic E-state index is 0.0145. The van der Waals surface area contributed by atoms with Crippen LogP contribution in [0.5, 0.6) is 0 Å². The van der Waals surface area contributed by atoms with Gasteiger partial charge in [0.25, 0.3) is 0 Å². The lowest BCUT2D eigenvalue weighted by atomic mass is 10.0. The fourth-order valence-corrected chi connectivity index (χ4v) is 4.64. The zero-order valence-electron chi connectivity index (χ0n) is 12.9. The van der Waals surface area contributed by atoms with Crippen LogP contribution in [0.25, 0.3) is 0 Å². The van der Waals surface area contributed by atoms with E-state index in [9.17, 15) is 8.42 Å². The largest absolute Gasteiger partial charge is 0.310 e. The summed E-state index contributed by atoms with van der Waals surface area (Å²) in [6.07, 6.45) is 0.796. The van der Waals surface area contributed by atoms with E-state index >= 15 is 0 Å². The highest BCUT2D eigenvalue weighted by Gasteiger charge is 2.22. The Morgan fingerprint density at radius 1 is 1.20 bits per heavy atom. The Balaban J connectivity index is 2.77. The van der Waals surface area contributed by atoms with Crippen LogP contribution >= 0.6 is 11.3 Å². The molecule has 20 heavy (non-hydrogen) atoms. The number of thiophene rings is 1. The molecule has 0 amide bonds. The Morgan fingerprint density at radius 2 is 1.85 bits per heavy atom. The quantitative estimate of drug-likeness (QED) is 0.775. The van der Waals surface area contributed by atoms with Crippen LogP contribution in [-0.4, -0.2) is 20.5 Å². The summed E-state index contributed by atoms with van der Waals surface area (Å²) < 4.78 is 27.9. The summed E-state index contributed by atoms with van der Waals surface area (Å²) in [6, 6.07) is 3.95. The van der Waals surface area contributed by atoms with Gasteiger partial charge in [-0.15, -0.1) is 11.3 Å². The van der Waals surface area contributed by atoms with Crippen LogP contribution in [0.1, 0.15) is 45.9 Å². The zero-order valence-corrected chi connectivity index (χ0v) is 14.6. The van der Waals surface area contributed by atoms with E-state index in [4.69, 9.17) is 0 Å². The molecule has 6 heteroatoms. The lowest BCUT2D eigenvalue weighted by Gasteiger charge is -2.19. The van der Waals surface area contributed by atoms with Gasteiger partial charge in [-0.2, -0.15) is 0 Å². The second-order valence-corrected chi connectivity index (χ2v) is 8.75. The first-order valence-electron chi connectivity index (χ1n) is 7.10. The Bertz CT molecular complexity index is 507. The topological polar surface area (TPSA) is 58.2 Å². The second kappa shape index (κ2) is 7.54. The summed E-state index contributed by atoms with van der Waals surface area (Å²) in [6.45, 7) is 10.9. The molecule has 0 aliphatic heterocycles. The molecule has 1 rings (SSSR count). The summed E-state index contributed by atoms with van der Waals surface area (Å²) in [5.74, 6) is 0.289. The Morgan fingerprint density at radius 3 is 2.35 bits per heavy atom. The molecule has 0 saturated heterocycles. The normalized spacial score (nSPS) is 14.2. The van der Waals surface area contributed by atoms with E-state index in [1.54, 1.807) is 6.07 Å². The molecule has 0 bridgehead atoms. The van der Waals surface area contributed by atoms with Crippen LogP contribution in [0.15, 0.2) is 16.3 Å². The summed E-state index contributed by atoms with van der Waals surface area (Å²) in [5, 5.41) is 3.29. The molecule has 1 unspecified atom stereocenters. The molecule has 1 aromatic rings. The number of rotatable bonds is 8. The van der Waals surface area contributed by atoms with E-state index < -0.39 is 10.0 Å². The van der Waals surface area contributed by atoms with Crippen molar-refractivity contribution in [3.05, 3.63) is 17.0 Å². The van der Waals surface area contributed by atoms with Crippen LogP contribution in [-0.2, 0) is 16.6 Å². The molecule has 0 aliphatic rings. The third-order valence-electron chi connectivity index (χ3n) is 3.14. The number of nitrogens with one attached hydrogen (secondary N) is 2. The molecule has 116 valence electrons. The highest BCUT2D eigenvalue weighted by atomic mass is 32.2. The van der Waals surface area contributed by atoms with Crippen molar-refractivity contribution < 1.29 is 8.42 Å². The zero-order chi connectivity index (χ0) is 15.3. The van der Waals surface area contributed by atoms with Crippen LogP contribution in [0.3, 0.4) is 0 Å². The summed E-state index contributed by atoms with van der Waals surface area (Å²) in [5.41, 5.74) is 0. The monoisotopic (exact) mass is 318 g/mol. The smallest absolute Gasteiger partial charge is 0.250 e. The van der Waals surface area contributed by atoms with Crippen LogP contribution in [0, 0.1) is 5.92 Å². The molecule has 4 nitrogen and oxygen atoms in total. The predicted molar refractivity (Wildman–Crippen MR) is 85.5 cm³/mol. The minimum atomic E-state index is -3.39. The van der Waals surface area contributed by atoms with E-state index in [1.165, 1.54) is 11.3 Å². The van der Waals surface area contributed by atoms with Crippen LogP contribution < -0.4 is 10.0 Å². The van der Waals surface area contributed by atoms with Crippen molar-refractivity contribution in [2.45, 2.75) is 63.9 Å². The highest BCUT2D eigenvalue weighted by molar-refractivity contribution is 7.91. The SMILES string of the molecule is CCC(NS(=O)(=O)c1ccc(CNC(C)C)s1)C(C)C. The van der Waals surface area contributed by atoms with Crippen molar-refractivity contribution in [1.82, 2.24) is 10.0 Å². The van der Waals surface area contributed by atoms with Gasteiger partial charge in [0.1, 0.15) is 4.21 Å². The first-order chi connectivity index (χ1) is 9.26. The molecular weight excluding hydrogens is 292 g/mol. The summed E-state index contributed by atoms with van der Waals surface area (Å²) in [7, 11) is -3.39. The average molecular weight is 319 g/mol. The third kappa shape index (κ3) is 5.16. The Hall–Kier alpha value is -0.430. The molecule has 0 spiro atoms. The van der Waals surface area contributed by atoms with E-state index in [1.807, 2.05) is 26.8 Å². The average Bonchev–Trinajstić information content (AvgIpc) is 2.82. The maximum absolute atomic E-state index is 12.3. The van der Waals surface area contributed by atoms with Gasteiger partial charge in [0.2, 0.25) is 10.0 Å². The van der Waals surface area contributed by atoms with Gasteiger partial charge in [-0.25, -0.2) is 13.1 Å².